The first-order valence-electron chi connectivity index (χ1n) is 9.45. The van der Waals surface area contributed by atoms with Gasteiger partial charge in [0.1, 0.15) is 5.01 Å². The lowest BCUT2D eigenvalue weighted by atomic mass is 10.2. The molecule has 7 nitrogen and oxygen atoms in total. The number of hydrogen-bond donors (Lipinski definition) is 1. The first-order valence-corrected chi connectivity index (χ1v) is 12.5. The smallest absolute Gasteiger partial charge is 0.257 e. The Morgan fingerprint density at radius 3 is 2.50 bits per heavy atom. The van der Waals surface area contributed by atoms with Crippen molar-refractivity contribution in [3.05, 3.63) is 58.6 Å². The largest absolute Gasteiger partial charge is 0.296 e. The molecule has 0 spiro atoms. The third-order valence-electron chi connectivity index (χ3n) is 4.79. The Labute approximate surface area is 187 Å². The second-order valence-corrected chi connectivity index (χ2v) is 10.6. The molecule has 3 aromatic rings. The number of carbonyl (C=O) groups is 1. The first-order chi connectivity index (χ1) is 14.4. The van der Waals surface area contributed by atoms with Gasteiger partial charge in [-0.1, -0.05) is 48.1 Å². The van der Waals surface area contributed by atoms with Crippen LogP contribution in [0.1, 0.15) is 29.6 Å². The Kier molecular flexibility index (Phi) is 6.28. The number of carbonyl (C=O) groups excluding carboxylic acids is 1. The van der Waals surface area contributed by atoms with Crippen molar-refractivity contribution >= 4 is 48.3 Å². The van der Waals surface area contributed by atoms with Gasteiger partial charge in [-0.15, -0.1) is 10.2 Å². The van der Waals surface area contributed by atoms with Crippen LogP contribution in [0.15, 0.2) is 57.9 Å². The van der Waals surface area contributed by atoms with Gasteiger partial charge < -0.3 is 0 Å². The molecule has 0 radical (unpaired) electrons. The molecule has 2 aromatic carbocycles. The van der Waals surface area contributed by atoms with Crippen molar-refractivity contribution in [3.8, 4) is 10.6 Å². The minimum absolute atomic E-state index is 0.0966. The van der Waals surface area contributed by atoms with Gasteiger partial charge in [-0.05, 0) is 47.0 Å². The predicted molar refractivity (Wildman–Crippen MR) is 120 cm³/mol. The van der Waals surface area contributed by atoms with Crippen LogP contribution >= 0.6 is 27.3 Å². The van der Waals surface area contributed by atoms with Gasteiger partial charge in [-0.3, -0.25) is 10.1 Å². The van der Waals surface area contributed by atoms with Gasteiger partial charge in [0.2, 0.25) is 15.2 Å². The van der Waals surface area contributed by atoms with E-state index >= 15 is 0 Å². The number of aromatic nitrogens is 2. The molecule has 0 aliphatic carbocycles. The summed E-state index contributed by atoms with van der Waals surface area (Å²) in [5, 5.41) is 11.9. The Balaban J connectivity index is 1.55. The number of nitrogens with one attached hydrogen (secondary N) is 1. The molecule has 1 amide bonds. The maximum Gasteiger partial charge on any atom is 0.257 e. The summed E-state index contributed by atoms with van der Waals surface area (Å²) >= 11 is 4.57. The van der Waals surface area contributed by atoms with Gasteiger partial charge in [-0.25, -0.2) is 8.42 Å². The lowest BCUT2D eigenvalue weighted by Gasteiger charge is -2.26. The van der Waals surface area contributed by atoms with Crippen molar-refractivity contribution in [3.63, 3.8) is 0 Å². The second-order valence-electron chi connectivity index (χ2n) is 6.84. The summed E-state index contributed by atoms with van der Waals surface area (Å²) < 4.78 is 28.0. The van der Waals surface area contributed by atoms with Crippen LogP contribution in [0.3, 0.4) is 0 Å². The van der Waals surface area contributed by atoms with Crippen LogP contribution in [0, 0.1) is 0 Å². The maximum atomic E-state index is 13.0. The molecule has 0 bridgehead atoms. The third-order valence-corrected chi connectivity index (χ3v) is 8.57. The summed E-state index contributed by atoms with van der Waals surface area (Å²) in [6.07, 6.45) is 2.72. The van der Waals surface area contributed by atoms with Crippen LogP contribution in [0.5, 0.6) is 0 Å². The van der Waals surface area contributed by atoms with Crippen LogP contribution < -0.4 is 5.32 Å². The van der Waals surface area contributed by atoms with E-state index in [1.807, 2.05) is 30.3 Å². The molecule has 1 N–H and O–H groups in total. The number of halogens is 1. The van der Waals surface area contributed by atoms with E-state index in [-0.39, 0.29) is 10.5 Å². The fourth-order valence-corrected chi connectivity index (χ4v) is 6.44. The van der Waals surface area contributed by atoms with E-state index in [9.17, 15) is 13.2 Å². The summed E-state index contributed by atoms with van der Waals surface area (Å²) in [6.45, 7) is 0.997. The van der Waals surface area contributed by atoms with E-state index in [0.29, 0.717) is 27.7 Å². The van der Waals surface area contributed by atoms with Gasteiger partial charge >= 0.3 is 0 Å². The lowest BCUT2D eigenvalue weighted by Crippen LogP contribution is -2.35. The molecule has 1 fully saturated rings. The van der Waals surface area contributed by atoms with Gasteiger partial charge in [-0.2, -0.15) is 4.31 Å². The molecule has 0 atom stereocenters. The van der Waals surface area contributed by atoms with Gasteiger partial charge in [0.05, 0.1) is 4.90 Å². The summed E-state index contributed by atoms with van der Waals surface area (Å²) in [6, 6.07) is 14.1. The Bertz CT molecular complexity index is 1160. The standard InChI is InChI=1S/C20H19BrN4O3S2/c21-16-10-9-15(13-17(16)30(27,28)25-11-5-2-6-12-25)18(26)22-20-24-23-19(29-20)14-7-3-1-4-8-14/h1,3-4,7-10,13H,2,5-6,11-12H2,(H,22,24,26). The van der Waals surface area contributed by atoms with E-state index in [1.165, 1.54) is 21.7 Å². The van der Waals surface area contributed by atoms with E-state index < -0.39 is 15.9 Å². The minimum Gasteiger partial charge on any atom is -0.296 e. The molecule has 1 aromatic heterocycles. The highest BCUT2D eigenvalue weighted by molar-refractivity contribution is 9.10. The molecule has 0 saturated carbocycles. The molecule has 10 heteroatoms. The van der Waals surface area contributed by atoms with Crippen molar-refractivity contribution in [2.24, 2.45) is 0 Å². The quantitative estimate of drug-likeness (QED) is 0.553. The fourth-order valence-electron chi connectivity index (χ4n) is 3.23. The Morgan fingerprint density at radius 2 is 1.77 bits per heavy atom. The van der Waals surface area contributed by atoms with E-state index in [1.54, 1.807) is 12.1 Å². The van der Waals surface area contributed by atoms with Crippen LogP contribution in [-0.4, -0.2) is 41.9 Å². The van der Waals surface area contributed by atoms with E-state index in [0.717, 1.165) is 24.8 Å². The van der Waals surface area contributed by atoms with Gasteiger partial charge in [0.15, 0.2) is 0 Å². The van der Waals surface area contributed by atoms with Gasteiger partial charge in [0.25, 0.3) is 5.91 Å². The monoisotopic (exact) mass is 506 g/mol. The lowest BCUT2D eigenvalue weighted by molar-refractivity contribution is 0.102. The average Bonchev–Trinajstić information content (AvgIpc) is 3.23. The Hall–Kier alpha value is -2.14. The molecule has 4 rings (SSSR count). The fraction of sp³-hybridized carbons (Fsp3) is 0.250. The van der Waals surface area contributed by atoms with E-state index in [2.05, 4.69) is 31.4 Å². The number of sulfonamides is 1. The van der Waals surface area contributed by atoms with Crippen molar-refractivity contribution in [1.29, 1.82) is 0 Å². The van der Waals surface area contributed by atoms with Gasteiger partial charge in [0, 0.05) is 28.7 Å². The zero-order valence-electron chi connectivity index (χ0n) is 15.9. The summed E-state index contributed by atoms with van der Waals surface area (Å²) in [4.78, 5) is 12.8. The molecular formula is C20H19BrN4O3S2. The zero-order chi connectivity index (χ0) is 21.1. The molecule has 1 aliphatic heterocycles. The molecule has 0 unspecified atom stereocenters. The van der Waals surface area contributed by atoms with Crippen molar-refractivity contribution in [2.75, 3.05) is 18.4 Å². The van der Waals surface area contributed by atoms with Crippen LogP contribution in [-0.2, 0) is 10.0 Å². The first kappa shape index (κ1) is 21.1. The summed E-state index contributed by atoms with van der Waals surface area (Å²) in [5.74, 6) is -0.437. The zero-order valence-corrected chi connectivity index (χ0v) is 19.1. The molecule has 1 aliphatic rings. The number of rotatable bonds is 5. The predicted octanol–water partition coefficient (Wildman–Crippen LogP) is 4.39. The van der Waals surface area contributed by atoms with Crippen molar-refractivity contribution in [2.45, 2.75) is 24.2 Å². The molecule has 30 heavy (non-hydrogen) atoms. The number of anilines is 1. The second kappa shape index (κ2) is 8.93. The van der Waals surface area contributed by atoms with Crippen LogP contribution in [0.25, 0.3) is 10.6 Å². The normalized spacial score (nSPS) is 15.1. The van der Waals surface area contributed by atoms with Crippen molar-refractivity contribution in [1.82, 2.24) is 14.5 Å². The maximum absolute atomic E-state index is 13.0. The summed E-state index contributed by atoms with van der Waals surface area (Å²) in [7, 11) is -3.67. The highest BCUT2D eigenvalue weighted by Gasteiger charge is 2.28. The number of amides is 1. The number of nitrogens with zero attached hydrogens (tertiary/aromatic N) is 3. The molecule has 2 heterocycles. The number of benzene rings is 2. The molecule has 1 saturated heterocycles. The van der Waals surface area contributed by atoms with Crippen LogP contribution in [0.4, 0.5) is 5.13 Å². The summed E-state index contributed by atoms with van der Waals surface area (Å²) in [5.41, 5.74) is 1.15. The van der Waals surface area contributed by atoms with Crippen LogP contribution in [0.2, 0.25) is 0 Å². The molecule has 156 valence electrons. The van der Waals surface area contributed by atoms with Crippen molar-refractivity contribution < 1.29 is 13.2 Å². The highest BCUT2D eigenvalue weighted by atomic mass is 79.9. The average molecular weight is 507 g/mol. The topological polar surface area (TPSA) is 92.3 Å². The van der Waals surface area contributed by atoms with E-state index in [4.69, 9.17) is 0 Å². The molecular weight excluding hydrogens is 488 g/mol. The minimum atomic E-state index is -3.67. The number of piperidine rings is 1. The highest BCUT2D eigenvalue weighted by Crippen LogP contribution is 2.29. The third kappa shape index (κ3) is 4.46. The SMILES string of the molecule is O=C(Nc1nnc(-c2ccccc2)s1)c1ccc(Br)c(S(=O)(=O)N2CCCCC2)c1. The number of hydrogen-bond acceptors (Lipinski definition) is 6. The Morgan fingerprint density at radius 1 is 1.03 bits per heavy atom.